The van der Waals surface area contributed by atoms with Crippen molar-refractivity contribution in [3.8, 4) is 5.75 Å². The third-order valence-corrected chi connectivity index (χ3v) is 3.76. The van der Waals surface area contributed by atoms with Gasteiger partial charge in [-0.05, 0) is 43.1 Å². The number of benzene rings is 2. The lowest BCUT2D eigenvalue weighted by Crippen LogP contribution is -2.19. The lowest BCUT2D eigenvalue weighted by Gasteiger charge is -2.19. The zero-order valence-electron chi connectivity index (χ0n) is 12.5. The average molecular weight is 282 g/mol. The zero-order valence-corrected chi connectivity index (χ0v) is 12.5. The van der Waals surface area contributed by atoms with Gasteiger partial charge in [-0.3, -0.25) is 0 Å². The molecule has 3 rings (SSSR count). The van der Waals surface area contributed by atoms with E-state index >= 15 is 0 Å². The topological polar surface area (TPSA) is 33.3 Å². The highest BCUT2D eigenvalue weighted by molar-refractivity contribution is 5.59. The molecule has 1 heterocycles. The second-order valence-electron chi connectivity index (χ2n) is 5.52. The largest absolute Gasteiger partial charge is 0.490 e. The van der Waals surface area contributed by atoms with Crippen LogP contribution in [0.2, 0.25) is 0 Å². The Hall–Kier alpha value is -2.00. The summed E-state index contributed by atoms with van der Waals surface area (Å²) >= 11 is 0. The summed E-state index contributed by atoms with van der Waals surface area (Å²) in [7, 11) is 0. The van der Waals surface area contributed by atoms with Gasteiger partial charge in [0.2, 0.25) is 0 Å². The summed E-state index contributed by atoms with van der Waals surface area (Å²) in [4.78, 5) is 0. The van der Waals surface area contributed by atoms with Gasteiger partial charge in [-0.25, -0.2) is 0 Å². The molecule has 2 N–H and O–H groups in total. The van der Waals surface area contributed by atoms with Crippen molar-refractivity contribution in [1.82, 2.24) is 5.32 Å². The minimum atomic E-state index is 0.754. The van der Waals surface area contributed by atoms with Gasteiger partial charge in [0.15, 0.2) is 0 Å². The van der Waals surface area contributed by atoms with E-state index in [1.54, 1.807) is 0 Å². The van der Waals surface area contributed by atoms with Gasteiger partial charge in [-0.1, -0.05) is 35.9 Å². The number of hydrogen-bond donors (Lipinski definition) is 2. The minimum absolute atomic E-state index is 0.754. The summed E-state index contributed by atoms with van der Waals surface area (Å²) in [5.41, 5.74) is 5.10. The molecule has 21 heavy (non-hydrogen) atoms. The molecular formula is C18H22N2O. The third-order valence-electron chi connectivity index (χ3n) is 3.76. The van der Waals surface area contributed by atoms with Crippen molar-refractivity contribution in [2.75, 3.05) is 25.0 Å². The highest BCUT2D eigenvalue weighted by Gasteiger charge is 2.09. The summed E-state index contributed by atoms with van der Waals surface area (Å²) in [5.74, 6) is 0.970. The van der Waals surface area contributed by atoms with E-state index in [4.69, 9.17) is 4.74 Å². The van der Waals surface area contributed by atoms with Crippen LogP contribution in [-0.2, 0) is 13.0 Å². The van der Waals surface area contributed by atoms with Crippen LogP contribution in [0.4, 0.5) is 5.69 Å². The van der Waals surface area contributed by atoms with E-state index in [1.807, 2.05) is 0 Å². The molecule has 0 aromatic heterocycles. The van der Waals surface area contributed by atoms with Crippen molar-refractivity contribution in [2.45, 2.75) is 19.9 Å². The molecule has 0 amide bonds. The van der Waals surface area contributed by atoms with E-state index < -0.39 is 0 Å². The number of anilines is 1. The van der Waals surface area contributed by atoms with Gasteiger partial charge in [0.05, 0.1) is 5.69 Å². The van der Waals surface area contributed by atoms with Crippen molar-refractivity contribution in [3.05, 3.63) is 59.2 Å². The monoisotopic (exact) mass is 282 g/mol. The molecule has 0 aliphatic carbocycles. The lowest BCUT2D eigenvalue weighted by molar-refractivity contribution is 0.323. The Labute approximate surface area is 126 Å². The minimum Gasteiger partial charge on any atom is -0.490 e. The number of aryl methyl sites for hydroxylation is 1. The van der Waals surface area contributed by atoms with E-state index in [1.165, 1.54) is 16.7 Å². The van der Waals surface area contributed by atoms with Crippen LogP contribution in [0.1, 0.15) is 16.7 Å². The van der Waals surface area contributed by atoms with Gasteiger partial charge in [-0.15, -0.1) is 0 Å². The predicted molar refractivity (Wildman–Crippen MR) is 87.0 cm³/mol. The molecule has 0 spiro atoms. The standard InChI is InChI=1S/C18H22N2O/c1-14-2-4-16(5-3-14)13-19-9-8-15-6-7-18-17(12-15)20-10-11-21-18/h2-7,12,19-20H,8-11,13H2,1H3. The van der Waals surface area contributed by atoms with Crippen molar-refractivity contribution in [3.63, 3.8) is 0 Å². The van der Waals surface area contributed by atoms with E-state index in [0.29, 0.717) is 0 Å². The predicted octanol–water partition coefficient (Wildman–Crippen LogP) is 3.13. The highest BCUT2D eigenvalue weighted by atomic mass is 16.5. The van der Waals surface area contributed by atoms with Crippen molar-refractivity contribution in [2.24, 2.45) is 0 Å². The molecule has 0 saturated heterocycles. The molecule has 1 aliphatic heterocycles. The number of ether oxygens (including phenoxy) is 1. The average Bonchev–Trinajstić information content (AvgIpc) is 2.53. The fourth-order valence-electron chi connectivity index (χ4n) is 2.51. The molecule has 0 radical (unpaired) electrons. The number of rotatable bonds is 5. The normalized spacial score (nSPS) is 13.2. The fourth-order valence-corrected chi connectivity index (χ4v) is 2.51. The first-order valence-electron chi connectivity index (χ1n) is 7.57. The van der Waals surface area contributed by atoms with Crippen LogP contribution in [0, 0.1) is 6.92 Å². The second-order valence-corrected chi connectivity index (χ2v) is 5.52. The van der Waals surface area contributed by atoms with Gasteiger partial charge in [-0.2, -0.15) is 0 Å². The molecule has 3 nitrogen and oxygen atoms in total. The Kier molecular flexibility index (Phi) is 4.41. The smallest absolute Gasteiger partial charge is 0.142 e. The summed E-state index contributed by atoms with van der Waals surface area (Å²) < 4.78 is 5.59. The first-order chi connectivity index (χ1) is 10.3. The third kappa shape index (κ3) is 3.76. The number of fused-ring (bicyclic) bond motifs is 1. The van der Waals surface area contributed by atoms with Gasteiger partial charge >= 0.3 is 0 Å². The Morgan fingerprint density at radius 2 is 1.90 bits per heavy atom. The van der Waals surface area contributed by atoms with Crippen LogP contribution in [0.25, 0.3) is 0 Å². The maximum atomic E-state index is 5.59. The maximum Gasteiger partial charge on any atom is 0.142 e. The van der Waals surface area contributed by atoms with E-state index in [-0.39, 0.29) is 0 Å². The molecule has 0 fully saturated rings. The summed E-state index contributed by atoms with van der Waals surface area (Å²) in [6, 6.07) is 15.1. The molecule has 2 aromatic carbocycles. The summed E-state index contributed by atoms with van der Waals surface area (Å²) in [6.07, 6.45) is 1.03. The molecule has 110 valence electrons. The Balaban J connectivity index is 1.48. The number of nitrogens with one attached hydrogen (secondary N) is 2. The molecule has 3 heteroatoms. The van der Waals surface area contributed by atoms with E-state index in [2.05, 4.69) is 60.0 Å². The maximum absolute atomic E-state index is 5.59. The van der Waals surface area contributed by atoms with Gasteiger partial charge in [0.25, 0.3) is 0 Å². The van der Waals surface area contributed by atoms with Crippen molar-refractivity contribution >= 4 is 5.69 Å². The Morgan fingerprint density at radius 3 is 2.76 bits per heavy atom. The SMILES string of the molecule is Cc1ccc(CNCCc2ccc3c(c2)NCCO3)cc1. The molecule has 1 aliphatic rings. The highest BCUT2D eigenvalue weighted by Crippen LogP contribution is 2.28. The molecule has 0 bridgehead atoms. The summed E-state index contributed by atoms with van der Waals surface area (Å²) in [6.45, 7) is 5.66. The van der Waals surface area contributed by atoms with Crippen LogP contribution in [0.3, 0.4) is 0 Å². The van der Waals surface area contributed by atoms with Gasteiger partial charge in [0.1, 0.15) is 12.4 Å². The Bertz CT molecular complexity index is 593. The van der Waals surface area contributed by atoms with Crippen LogP contribution in [0.15, 0.2) is 42.5 Å². The van der Waals surface area contributed by atoms with Crippen LogP contribution in [-0.4, -0.2) is 19.7 Å². The molecule has 0 saturated carbocycles. The molecular weight excluding hydrogens is 260 g/mol. The zero-order chi connectivity index (χ0) is 14.5. The molecule has 2 aromatic rings. The number of hydrogen-bond acceptors (Lipinski definition) is 3. The Morgan fingerprint density at radius 1 is 1.10 bits per heavy atom. The van der Waals surface area contributed by atoms with Crippen molar-refractivity contribution < 1.29 is 4.74 Å². The fraction of sp³-hybridized carbons (Fsp3) is 0.333. The first kappa shape index (κ1) is 14.0. The lowest BCUT2D eigenvalue weighted by atomic mass is 10.1. The first-order valence-corrected chi connectivity index (χ1v) is 7.57. The van der Waals surface area contributed by atoms with Crippen LogP contribution < -0.4 is 15.4 Å². The summed E-state index contributed by atoms with van der Waals surface area (Å²) in [5, 5.41) is 6.88. The second kappa shape index (κ2) is 6.64. The molecule has 0 unspecified atom stereocenters. The quantitative estimate of drug-likeness (QED) is 0.827. The van der Waals surface area contributed by atoms with Crippen molar-refractivity contribution in [1.29, 1.82) is 0 Å². The van der Waals surface area contributed by atoms with E-state index in [0.717, 1.165) is 44.1 Å². The van der Waals surface area contributed by atoms with Gasteiger partial charge < -0.3 is 15.4 Å². The van der Waals surface area contributed by atoms with Crippen LogP contribution >= 0.6 is 0 Å². The van der Waals surface area contributed by atoms with Gasteiger partial charge in [0, 0.05) is 13.1 Å². The van der Waals surface area contributed by atoms with Crippen LogP contribution in [0.5, 0.6) is 5.75 Å². The molecule has 0 atom stereocenters. The van der Waals surface area contributed by atoms with E-state index in [9.17, 15) is 0 Å².